The molecule has 4 heteroatoms. The van der Waals surface area contributed by atoms with E-state index in [1.54, 1.807) is 0 Å². The first-order chi connectivity index (χ1) is 13.2. The monoisotopic (exact) mass is 359 g/mol. The first kappa shape index (κ1) is 17.5. The minimum atomic E-state index is -0.0369. The predicted molar refractivity (Wildman–Crippen MR) is 110 cm³/mol. The summed E-state index contributed by atoms with van der Waals surface area (Å²) in [6, 6.07) is 20.3. The highest BCUT2D eigenvalue weighted by molar-refractivity contribution is 6.29. The highest BCUT2D eigenvalue weighted by atomic mass is 16.2. The number of carbonyl (C=O) groups excluding carboxylic acids is 1. The van der Waals surface area contributed by atoms with Crippen molar-refractivity contribution in [3.8, 4) is 0 Å². The lowest BCUT2D eigenvalue weighted by atomic mass is 9.90. The molecule has 0 saturated carbocycles. The van der Waals surface area contributed by atoms with Crippen molar-refractivity contribution < 1.29 is 4.79 Å². The van der Waals surface area contributed by atoms with Crippen LogP contribution in [0.25, 0.3) is 0 Å². The first-order valence-corrected chi connectivity index (χ1v) is 9.65. The molecule has 0 bridgehead atoms. The van der Waals surface area contributed by atoms with Crippen LogP contribution in [0.15, 0.2) is 77.5 Å². The molecule has 2 aromatic rings. The molecule has 0 aliphatic carbocycles. The first-order valence-electron chi connectivity index (χ1n) is 9.65. The third kappa shape index (κ3) is 3.95. The molecular weight excluding hydrogens is 334 g/mol. The minimum absolute atomic E-state index is 0.0369. The number of hydrogen-bond donors (Lipinski definition) is 0. The molecule has 0 atom stereocenters. The molecule has 2 aliphatic rings. The van der Waals surface area contributed by atoms with Crippen LogP contribution in [0, 0.1) is 5.92 Å². The highest BCUT2D eigenvalue weighted by Gasteiger charge is 2.30. The van der Waals surface area contributed by atoms with Gasteiger partial charge in [0.1, 0.15) is 0 Å². The van der Waals surface area contributed by atoms with E-state index in [0.29, 0.717) is 5.57 Å². The molecule has 1 fully saturated rings. The summed E-state index contributed by atoms with van der Waals surface area (Å²) in [7, 11) is 0. The molecule has 1 saturated heterocycles. The Labute approximate surface area is 160 Å². The van der Waals surface area contributed by atoms with Gasteiger partial charge in [-0.1, -0.05) is 48.5 Å². The van der Waals surface area contributed by atoms with Gasteiger partial charge < -0.3 is 4.90 Å². The van der Waals surface area contributed by atoms with Gasteiger partial charge in [-0.05, 0) is 49.8 Å². The van der Waals surface area contributed by atoms with Crippen LogP contribution >= 0.6 is 0 Å². The van der Waals surface area contributed by atoms with Crippen LogP contribution in [0.3, 0.4) is 0 Å². The molecule has 0 spiro atoms. The van der Waals surface area contributed by atoms with Gasteiger partial charge in [0.15, 0.2) is 0 Å². The number of amides is 1. The molecule has 0 unspecified atom stereocenters. The molecule has 2 aromatic carbocycles. The zero-order valence-electron chi connectivity index (χ0n) is 15.7. The fourth-order valence-corrected chi connectivity index (χ4v) is 3.83. The number of piperidine rings is 1. The molecule has 4 rings (SSSR count). The zero-order valence-corrected chi connectivity index (χ0v) is 15.7. The summed E-state index contributed by atoms with van der Waals surface area (Å²) in [5, 5.41) is 5.97. The van der Waals surface area contributed by atoms with Gasteiger partial charge in [0.2, 0.25) is 0 Å². The zero-order chi connectivity index (χ0) is 18.6. The Morgan fingerprint density at radius 2 is 1.63 bits per heavy atom. The second-order valence-corrected chi connectivity index (χ2v) is 7.35. The van der Waals surface area contributed by atoms with Crippen LogP contribution in [0.2, 0.25) is 0 Å². The molecule has 0 N–H and O–H groups in total. The van der Waals surface area contributed by atoms with E-state index in [-0.39, 0.29) is 5.91 Å². The third-order valence-corrected chi connectivity index (χ3v) is 5.39. The van der Waals surface area contributed by atoms with Crippen molar-refractivity contribution in [1.29, 1.82) is 0 Å². The quantitative estimate of drug-likeness (QED) is 0.765. The predicted octanol–water partition coefficient (Wildman–Crippen LogP) is 4.25. The third-order valence-electron chi connectivity index (χ3n) is 5.39. The Morgan fingerprint density at radius 3 is 2.30 bits per heavy atom. The molecule has 27 heavy (non-hydrogen) atoms. The van der Waals surface area contributed by atoms with Crippen LogP contribution in [-0.4, -0.2) is 29.6 Å². The molecule has 1 amide bonds. The normalized spacial score (nSPS) is 19.7. The Balaban J connectivity index is 1.39. The van der Waals surface area contributed by atoms with E-state index in [1.165, 1.54) is 10.6 Å². The number of anilines is 1. The fraction of sp³-hybridized carbons (Fsp3) is 0.304. The van der Waals surface area contributed by atoms with Crippen LogP contribution in [0.4, 0.5) is 5.69 Å². The van der Waals surface area contributed by atoms with Crippen molar-refractivity contribution >= 4 is 17.3 Å². The Morgan fingerprint density at radius 1 is 1.00 bits per heavy atom. The number of nitrogens with zero attached hydrogens (tertiary/aromatic N) is 3. The maximum atomic E-state index is 12.8. The summed E-state index contributed by atoms with van der Waals surface area (Å²) in [5.41, 5.74) is 3.73. The van der Waals surface area contributed by atoms with E-state index >= 15 is 0 Å². The smallest absolute Gasteiger partial charge is 0.282 e. The SMILES string of the molecule is CC1=NN(c2ccccc2)C(=O)C1=CN1CCC(Cc2ccccc2)CC1. The van der Waals surface area contributed by atoms with Gasteiger partial charge in [-0.2, -0.15) is 10.1 Å². The largest absolute Gasteiger partial charge is 0.377 e. The summed E-state index contributed by atoms with van der Waals surface area (Å²) >= 11 is 0. The van der Waals surface area contributed by atoms with Crippen molar-refractivity contribution in [3.63, 3.8) is 0 Å². The van der Waals surface area contributed by atoms with E-state index in [9.17, 15) is 4.79 Å². The molecule has 0 radical (unpaired) electrons. The van der Waals surface area contributed by atoms with E-state index in [4.69, 9.17) is 0 Å². The van der Waals surface area contributed by atoms with Gasteiger partial charge in [0.25, 0.3) is 5.91 Å². The average molecular weight is 359 g/mol. The number of rotatable bonds is 4. The van der Waals surface area contributed by atoms with Crippen LogP contribution in [-0.2, 0) is 11.2 Å². The van der Waals surface area contributed by atoms with Gasteiger partial charge in [0, 0.05) is 19.3 Å². The molecule has 4 nitrogen and oxygen atoms in total. The second kappa shape index (κ2) is 7.78. The van der Waals surface area contributed by atoms with Gasteiger partial charge in [0.05, 0.1) is 17.0 Å². The van der Waals surface area contributed by atoms with Crippen LogP contribution in [0.5, 0.6) is 0 Å². The summed E-state index contributed by atoms with van der Waals surface area (Å²) in [4.78, 5) is 15.1. The van der Waals surface area contributed by atoms with E-state index in [2.05, 4.69) is 40.3 Å². The lowest BCUT2D eigenvalue weighted by molar-refractivity contribution is -0.114. The number of likely N-dealkylation sites (tertiary alicyclic amines) is 1. The molecular formula is C23H25N3O. The maximum absolute atomic E-state index is 12.8. The van der Waals surface area contributed by atoms with E-state index < -0.39 is 0 Å². The topological polar surface area (TPSA) is 35.9 Å². The minimum Gasteiger partial charge on any atom is -0.377 e. The fourth-order valence-electron chi connectivity index (χ4n) is 3.83. The molecule has 138 valence electrons. The van der Waals surface area contributed by atoms with Gasteiger partial charge in [-0.15, -0.1) is 0 Å². The molecule has 2 heterocycles. The average Bonchev–Trinajstić information content (AvgIpc) is 2.99. The van der Waals surface area contributed by atoms with Crippen molar-refractivity contribution in [2.24, 2.45) is 11.0 Å². The van der Waals surface area contributed by atoms with Crippen LogP contribution in [0.1, 0.15) is 25.3 Å². The Kier molecular flexibility index (Phi) is 5.05. The number of carbonyl (C=O) groups is 1. The van der Waals surface area contributed by atoms with Crippen molar-refractivity contribution in [2.45, 2.75) is 26.2 Å². The molecule has 2 aliphatic heterocycles. The van der Waals surface area contributed by atoms with Crippen molar-refractivity contribution in [2.75, 3.05) is 18.1 Å². The summed E-state index contributed by atoms with van der Waals surface area (Å²) in [5.74, 6) is 0.682. The summed E-state index contributed by atoms with van der Waals surface area (Å²) in [6.45, 7) is 3.90. The van der Waals surface area contributed by atoms with Gasteiger partial charge in [-0.25, -0.2) is 0 Å². The lowest BCUT2D eigenvalue weighted by Crippen LogP contribution is -2.32. The maximum Gasteiger partial charge on any atom is 0.282 e. The molecule has 0 aromatic heterocycles. The van der Waals surface area contributed by atoms with Crippen molar-refractivity contribution in [1.82, 2.24) is 4.90 Å². The van der Waals surface area contributed by atoms with Crippen LogP contribution < -0.4 is 5.01 Å². The number of para-hydroxylation sites is 1. The van der Waals surface area contributed by atoms with Crippen molar-refractivity contribution in [3.05, 3.63) is 78.0 Å². The lowest BCUT2D eigenvalue weighted by Gasteiger charge is -2.31. The number of hydrazone groups is 1. The number of benzene rings is 2. The Hall–Kier alpha value is -2.88. The standard InChI is InChI=1S/C23H25N3O/c1-18-22(23(27)26(24-18)21-10-6-3-7-11-21)17-25-14-12-20(13-15-25)16-19-8-4-2-5-9-19/h2-11,17,20H,12-16H2,1H3. The van der Waals surface area contributed by atoms with E-state index in [1.807, 2.05) is 43.5 Å². The second-order valence-electron chi connectivity index (χ2n) is 7.35. The van der Waals surface area contributed by atoms with E-state index in [0.717, 1.165) is 49.7 Å². The Bertz CT molecular complexity index is 850. The summed E-state index contributed by atoms with van der Waals surface area (Å²) < 4.78 is 0. The summed E-state index contributed by atoms with van der Waals surface area (Å²) in [6.07, 6.45) is 5.48. The highest BCUT2D eigenvalue weighted by Crippen LogP contribution is 2.26. The number of hydrogen-bond acceptors (Lipinski definition) is 3. The van der Waals surface area contributed by atoms with Gasteiger partial charge >= 0.3 is 0 Å². The van der Waals surface area contributed by atoms with Gasteiger partial charge in [-0.3, -0.25) is 4.79 Å².